The fourth-order valence-corrected chi connectivity index (χ4v) is 4.68. The van der Waals surface area contributed by atoms with Gasteiger partial charge in [0.2, 0.25) is 11.8 Å². The number of amidine groups is 1. The van der Waals surface area contributed by atoms with E-state index < -0.39 is 34.8 Å². The fraction of sp³-hybridized carbons (Fsp3) is 0.154. The van der Waals surface area contributed by atoms with Crippen LogP contribution in [0.1, 0.15) is 27.9 Å². The maximum atomic E-state index is 13.2. The lowest BCUT2D eigenvalue weighted by Crippen LogP contribution is -2.44. The molecule has 0 bridgehead atoms. The number of aromatic carboxylic acids is 1. The van der Waals surface area contributed by atoms with Crippen molar-refractivity contribution in [3.05, 3.63) is 95.6 Å². The topological polar surface area (TPSA) is 99.1 Å². The minimum absolute atomic E-state index is 0.0154. The summed E-state index contributed by atoms with van der Waals surface area (Å²) in [4.78, 5) is 43.0. The molecule has 190 valence electrons. The van der Waals surface area contributed by atoms with Crippen LogP contribution in [0.15, 0.2) is 83.9 Å². The molecule has 4 rings (SSSR count). The Morgan fingerprint density at radius 2 is 1.76 bits per heavy atom. The number of aliphatic imine (C=N–C) groups is 1. The molecule has 1 aliphatic rings. The molecule has 0 radical (unpaired) electrons. The second kappa shape index (κ2) is 10.9. The summed E-state index contributed by atoms with van der Waals surface area (Å²) in [5.41, 5.74) is 0.0933. The number of carboxylic acid groups (broad SMARTS) is 1. The van der Waals surface area contributed by atoms with Gasteiger partial charge < -0.3 is 10.4 Å². The van der Waals surface area contributed by atoms with Crippen LogP contribution in [0.2, 0.25) is 0 Å². The van der Waals surface area contributed by atoms with E-state index in [1.54, 1.807) is 24.3 Å². The zero-order valence-corrected chi connectivity index (χ0v) is 19.9. The third-order valence-electron chi connectivity index (χ3n) is 5.39. The number of carbonyl (C=O) groups is 3. The van der Waals surface area contributed by atoms with Crippen LogP contribution in [-0.2, 0) is 22.3 Å². The summed E-state index contributed by atoms with van der Waals surface area (Å²) in [5, 5.41) is 10.9. The van der Waals surface area contributed by atoms with Gasteiger partial charge in [-0.1, -0.05) is 54.2 Å². The zero-order chi connectivity index (χ0) is 26.6. The smallest absolute Gasteiger partial charge is 0.416 e. The Hall–Kier alpha value is -4.12. The number of carboxylic acids is 1. The summed E-state index contributed by atoms with van der Waals surface area (Å²) in [6.45, 7) is 0.124. The molecular weight excluding hydrogens is 507 g/mol. The van der Waals surface area contributed by atoms with Crippen LogP contribution in [0.3, 0.4) is 0 Å². The quantitative estimate of drug-likeness (QED) is 0.437. The van der Waals surface area contributed by atoms with Crippen LogP contribution in [-0.4, -0.2) is 38.2 Å². The van der Waals surface area contributed by atoms with Gasteiger partial charge >= 0.3 is 12.1 Å². The van der Waals surface area contributed by atoms with E-state index in [0.717, 1.165) is 29.5 Å². The van der Waals surface area contributed by atoms with Gasteiger partial charge in [-0.05, 0) is 42.0 Å². The lowest BCUT2D eigenvalue weighted by molar-refractivity contribution is -0.137. The van der Waals surface area contributed by atoms with Crippen LogP contribution in [0.5, 0.6) is 0 Å². The molecule has 3 aromatic carbocycles. The standard InChI is InChI=1S/C26H20F3N3O4S/c27-26(28,29)18-9-5-11-20(13-18)31-25-32(15-16-6-2-1-3-7-16)22(33)14-21(37-25)23(34)30-19-10-4-8-17(12-19)24(35)36/h1-13,21H,14-15H2,(H,30,34)(H,35,36). The van der Waals surface area contributed by atoms with Gasteiger partial charge in [-0.15, -0.1) is 0 Å². The maximum Gasteiger partial charge on any atom is 0.416 e. The number of carbonyl (C=O) groups excluding carboxylic acids is 2. The number of nitrogens with zero attached hydrogens (tertiary/aromatic N) is 2. The summed E-state index contributed by atoms with van der Waals surface area (Å²) in [6.07, 6.45) is -4.74. The highest BCUT2D eigenvalue weighted by Crippen LogP contribution is 2.34. The van der Waals surface area contributed by atoms with Crippen molar-refractivity contribution in [2.45, 2.75) is 24.4 Å². The molecule has 0 spiro atoms. The Kier molecular flexibility index (Phi) is 7.63. The Bertz CT molecular complexity index is 1360. The molecule has 11 heteroatoms. The molecular formula is C26H20F3N3O4S. The predicted molar refractivity (Wildman–Crippen MR) is 134 cm³/mol. The predicted octanol–water partition coefficient (Wildman–Crippen LogP) is 5.56. The molecule has 3 aromatic rings. The first-order valence-corrected chi connectivity index (χ1v) is 11.9. The highest BCUT2D eigenvalue weighted by atomic mass is 32.2. The number of alkyl halides is 3. The monoisotopic (exact) mass is 527 g/mol. The van der Waals surface area contributed by atoms with Crippen molar-refractivity contribution in [1.29, 1.82) is 0 Å². The van der Waals surface area contributed by atoms with Gasteiger partial charge in [0.25, 0.3) is 0 Å². The SMILES string of the molecule is O=C(O)c1cccc(NC(=O)C2CC(=O)N(Cc3ccccc3)C(=Nc3cccc(C(F)(F)F)c3)S2)c1. The van der Waals surface area contributed by atoms with Crippen molar-refractivity contribution in [3.8, 4) is 0 Å². The number of thioether (sulfide) groups is 1. The molecule has 7 nitrogen and oxygen atoms in total. The first kappa shape index (κ1) is 26.0. The van der Waals surface area contributed by atoms with Crippen LogP contribution in [0.4, 0.5) is 24.5 Å². The average molecular weight is 528 g/mol. The van der Waals surface area contributed by atoms with Crippen molar-refractivity contribution < 1.29 is 32.7 Å². The minimum atomic E-state index is -4.57. The van der Waals surface area contributed by atoms with E-state index in [2.05, 4.69) is 10.3 Å². The number of amides is 2. The van der Waals surface area contributed by atoms with Gasteiger partial charge in [0.05, 0.1) is 23.4 Å². The fourth-order valence-electron chi connectivity index (χ4n) is 3.58. The summed E-state index contributed by atoms with van der Waals surface area (Å²) < 4.78 is 39.7. The van der Waals surface area contributed by atoms with E-state index in [1.165, 1.54) is 41.3 Å². The second-order valence-electron chi connectivity index (χ2n) is 8.09. The van der Waals surface area contributed by atoms with Gasteiger partial charge in [0.15, 0.2) is 5.17 Å². The van der Waals surface area contributed by atoms with Crippen molar-refractivity contribution in [1.82, 2.24) is 4.90 Å². The molecule has 1 heterocycles. The Balaban J connectivity index is 1.63. The maximum absolute atomic E-state index is 13.2. The Morgan fingerprint density at radius 1 is 1.03 bits per heavy atom. The molecule has 2 amide bonds. The van der Waals surface area contributed by atoms with E-state index in [0.29, 0.717) is 0 Å². The molecule has 2 N–H and O–H groups in total. The number of nitrogens with one attached hydrogen (secondary N) is 1. The number of hydrogen-bond acceptors (Lipinski definition) is 5. The lowest BCUT2D eigenvalue weighted by Gasteiger charge is -2.32. The third kappa shape index (κ3) is 6.56. The highest BCUT2D eigenvalue weighted by Gasteiger charge is 2.36. The number of rotatable bonds is 6. The Morgan fingerprint density at radius 3 is 2.46 bits per heavy atom. The first-order valence-electron chi connectivity index (χ1n) is 11.0. The van der Waals surface area contributed by atoms with Crippen molar-refractivity contribution >= 4 is 46.1 Å². The summed E-state index contributed by atoms with van der Waals surface area (Å²) in [7, 11) is 0. The van der Waals surface area contributed by atoms with Gasteiger partial charge in [0, 0.05) is 12.1 Å². The number of anilines is 1. The van der Waals surface area contributed by atoms with Crippen molar-refractivity contribution in [2.24, 2.45) is 4.99 Å². The summed E-state index contributed by atoms with van der Waals surface area (Å²) in [6, 6.07) is 19.0. The Labute approximate surface area is 214 Å². The number of hydrogen-bond donors (Lipinski definition) is 2. The van der Waals surface area contributed by atoms with E-state index in [1.807, 2.05) is 6.07 Å². The van der Waals surface area contributed by atoms with Crippen LogP contribution < -0.4 is 5.32 Å². The summed E-state index contributed by atoms with van der Waals surface area (Å²) in [5.74, 6) is -2.14. The first-order chi connectivity index (χ1) is 17.6. The van der Waals surface area contributed by atoms with E-state index in [-0.39, 0.29) is 35.1 Å². The van der Waals surface area contributed by atoms with Gasteiger partial charge in [-0.25, -0.2) is 9.79 Å². The molecule has 1 saturated heterocycles. The van der Waals surface area contributed by atoms with E-state index in [4.69, 9.17) is 5.11 Å². The number of halogens is 3. The average Bonchev–Trinajstić information content (AvgIpc) is 2.86. The molecule has 1 atom stereocenters. The van der Waals surface area contributed by atoms with E-state index in [9.17, 15) is 27.6 Å². The second-order valence-corrected chi connectivity index (χ2v) is 9.26. The minimum Gasteiger partial charge on any atom is -0.478 e. The lowest BCUT2D eigenvalue weighted by atomic mass is 10.1. The molecule has 1 fully saturated rings. The van der Waals surface area contributed by atoms with Crippen molar-refractivity contribution in [3.63, 3.8) is 0 Å². The van der Waals surface area contributed by atoms with Gasteiger partial charge in [-0.3, -0.25) is 14.5 Å². The van der Waals surface area contributed by atoms with Gasteiger partial charge in [0.1, 0.15) is 5.25 Å². The number of benzene rings is 3. The third-order valence-corrected chi connectivity index (χ3v) is 6.58. The molecule has 0 saturated carbocycles. The van der Waals surface area contributed by atoms with Crippen LogP contribution in [0, 0.1) is 0 Å². The largest absolute Gasteiger partial charge is 0.478 e. The van der Waals surface area contributed by atoms with Crippen LogP contribution >= 0.6 is 11.8 Å². The molecule has 0 aliphatic carbocycles. The van der Waals surface area contributed by atoms with Crippen molar-refractivity contribution in [2.75, 3.05) is 5.32 Å². The van der Waals surface area contributed by atoms with Crippen LogP contribution in [0.25, 0.3) is 0 Å². The summed E-state index contributed by atoms with van der Waals surface area (Å²) >= 11 is 0.954. The highest BCUT2D eigenvalue weighted by molar-refractivity contribution is 8.15. The normalized spacial score (nSPS) is 17.1. The molecule has 37 heavy (non-hydrogen) atoms. The van der Waals surface area contributed by atoms with Gasteiger partial charge in [-0.2, -0.15) is 13.2 Å². The molecule has 1 aliphatic heterocycles. The molecule has 0 aromatic heterocycles. The molecule has 1 unspecified atom stereocenters. The zero-order valence-electron chi connectivity index (χ0n) is 19.1. The van der Waals surface area contributed by atoms with E-state index >= 15 is 0 Å².